The summed E-state index contributed by atoms with van der Waals surface area (Å²) in [5.41, 5.74) is 2.23. The van der Waals surface area contributed by atoms with E-state index in [1.165, 1.54) is 6.42 Å². The maximum atomic E-state index is 12.9. The molecule has 1 N–H and O–H groups in total. The van der Waals surface area contributed by atoms with Crippen LogP contribution >= 0.6 is 0 Å². The van der Waals surface area contributed by atoms with Gasteiger partial charge in [0.15, 0.2) is 0 Å². The van der Waals surface area contributed by atoms with Crippen molar-refractivity contribution in [2.45, 2.75) is 38.6 Å². The molecule has 0 aliphatic carbocycles. The number of nitrogens with zero attached hydrogens (tertiary/aromatic N) is 2. The number of amides is 2. The Labute approximate surface area is 149 Å². The number of carbonyl (C=O) groups excluding carboxylic acids is 2. The lowest BCUT2D eigenvalue weighted by molar-refractivity contribution is -0.128. The van der Waals surface area contributed by atoms with Crippen molar-refractivity contribution >= 4 is 11.8 Å². The number of hydrogen-bond donors (Lipinski definition) is 1. The third-order valence-corrected chi connectivity index (χ3v) is 6.16. The lowest BCUT2D eigenvalue weighted by Crippen LogP contribution is -2.44. The van der Waals surface area contributed by atoms with Crippen LogP contribution in [0.5, 0.6) is 0 Å². The number of nitrogens with one attached hydrogen (secondary N) is 1. The average molecular weight is 341 g/mol. The first kappa shape index (κ1) is 16.6. The number of benzene rings is 1. The van der Waals surface area contributed by atoms with E-state index in [4.69, 9.17) is 0 Å². The van der Waals surface area contributed by atoms with Crippen LogP contribution in [0.25, 0.3) is 0 Å². The summed E-state index contributed by atoms with van der Waals surface area (Å²) >= 11 is 0. The van der Waals surface area contributed by atoms with Crippen LogP contribution in [-0.4, -0.2) is 54.3 Å². The van der Waals surface area contributed by atoms with Crippen molar-refractivity contribution < 1.29 is 9.59 Å². The molecule has 1 aromatic carbocycles. The van der Waals surface area contributed by atoms with Crippen LogP contribution in [0.4, 0.5) is 0 Å². The summed E-state index contributed by atoms with van der Waals surface area (Å²) in [4.78, 5) is 28.6. The highest BCUT2D eigenvalue weighted by atomic mass is 16.2. The third kappa shape index (κ3) is 3.43. The van der Waals surface area contributed by atoms with Gasteiger partial charge >= 0.3 is 0 Å². The van der Waals surface area contributed by atoms with E-state index in [2.05, 4.69) is 5.32 Å². The van der Waals surface area contributed by atoms with Gasteiger partial charge in [0, 0.05) is 44.7 Å². The van der Waals surface area contributed by atoms with Gasteiger partial charge in [-0.25, -0.2) is 0 Å². The Balaban J connectivity index is 1.40. The molecular formula is C20H27N3O2. The van der Waals surface area contributed by atoms with Gasteiger partial charge in [0.1, 0.15) is 0 Å². The molecule has 3 saturated heterocycles. The lowest BCUT2D eigenvalue weighted by atomic mass is 9.78. The molecule has 0 atom stereocenters. The minimum absolute atomic E-state index is 0.135. The highest BCUT2D eigenvalue weighted by Gasteiger charge is 2.38. The van der Waals surface area contributed by atoms with Crippen LogP contribution in [0.3, 0.4) is 0 Å². The monoisotopic (exact) mass is 341 g/mol. The Kier molecular flexibility index (Phi) is 4.50. The number of carbonyl (C=O) groups is 2. The van der Waals surface area contributed by atoms with E-state index >= 15 is 0 Å². The first-order chi connectivity index (χ1) is 12.2. The van der Waals surface area contributed by atoms with Crippen molar-refractivity contribution in [2.24, 2.45) is 5.41 Å². The summed E-state index contributed by atoms with van der Waals surface area (Å²) in [7, 11) is 0. The van der Waals surface area contributed by atoms with E-state index in [1.54, 1.807) is 0 Å². The van der Waals surface area contributed by atoms with Crippen LogP contribution in [0.15, 0.2) is 24.3 Å². The van der Waals surface area contributed by atoms with E-state index in [9.17, 15) is 9.59 Å². The number of hydrogen-bond acceptors (Lipinski definition) is 3. The van der Waals surface area contributed by atoms with Gasteiger partial charge in [0.05, 0.1) is 0 Å². The second-order valence-corrected chi connectivity index (χ2v) is 7.84. The Morgan fingerprint density at radius 1 is 1.16 bits per heavy atom. The average Bonchev–Trinajstić information content (AvgIpc) is 3.25. The van der Waals surface area contributed by atoms with Crippen LogP contribution in [-0.2, 0) is 11.3 Å². The molecule has 2 amide bonds. The van der Waals surface area contributed by atoms with Gasteiger partial charge < -0.3 is 15.1 Å². The molecule has 3 aliphatic heterocycles. The molecule has 3 fully saturated rings. The second kappa shape index (κ2) is 6.79. The van der Waals surface area contributed by atoms with Crippen LogP contribution in [0.2, 0.25) is 0 Å². The first-order valence-electron chi connectivity index (χ1n) is 9.52. The van der Waals surface area contributed by atoms with Crippen molar-refractivity contribution in [3.63, 3.8) is 0 Å². The van der Waals surface area contributed by atoms with Gasteiger partial charge in [-0.2, -0.15) is 0 Å². The summed E-state index contributed by atoms with van der Waals surface area (Å²) in [6.45, 7) is 5.39. The molecule has 134 valence electrons. The third-order valence-electron chi connectivity index (χ3n) is 6.16. The van der Waals surface area contributed by atoms with Crippen molar-refractivity contribution in [3.05, 3.63) is 35.4 Å². The molecule has 0 bridgehead atoms. The van der Waals surface area contributed by atoms with Crippen molar-refractivity contribution in [1.29, 1.82) is 0 Å². The van der Waals surface area contributed by atoms with Gasteiger partial charge in [-0.05, 0) is 55.3 Å². The maximum Gasteiger partial charge on any atom is 0.253 e. The van der Waals surface area contributed by atoms with Crippen molar-refractivity contribution in [2.75, 3.05) is 32.7 Å². The molecule has 25 heavy (non-hydrogen) atoms. The molecule has 0 aromatic heterocycles. The number of likely N-dealkylation sites (tertiary alicyclic amines) is 2. The predicted octanol–water partition coefficient (Wildman–Crippen LogP) is 2.02. The normalized spacial score (nSPS) is 22.8. The van der Waals surface area contributed by atoms with Crippen molar-refractivity contribution in [1.82, 2.24) is 15.1 Å². The second-order valence-electron chi connectivity index (χ2n) is 7.84. The summed E-state index contributed by atoms with van der Waals surface area (Å²) in [5, 5.41) is 3.47. The summed E-state index contributed by atoms with van der Waals surface area (Å²) in [6, 6.07) is 7.82. The Morgan fingerprint density at radius 2 is 2.00 bits per heavy atom. The Bertz CT molecular complexity index is 657. The fourth-order valence-electron chi connectivity index (χ4n) is 4.48. The molecule has 0 radical (unpaired) electrons. The largest absolute Gasteiger partial charge is 0.339 e. The van der Waals surface area contributed by atoms with Crippen LogP contribution in [0.1, 0.15) is 48.0 Å². The number of piperidine rings is 1. The van der Waals surface area contributed by atoms with Gasteiger partial charge in [0.25, 0.3) is 5.91 Å². The highest BCUT2D eigenvalue weighted by molar-refractivity contribution is 5.94. The zero-order valence-electron chi connectivity index (χ0n) is 14.8. The molecule has 1 aromatic rings. The summed E-state index contributed by atoms with van der Waals surface area (Å²) in [6.07, 6.45) is 5.06. The fraction of sp³-hybridized carbons (Fsp3) is 0.600. The molecule has 0 unspecified atom stereocenters. The minimum Gasteiger partial charge on any atom is -0.339 e. The molecular weight excluding hydrogens is 314 g/mol. The van der Waals surface area contributed by atoms with Crippen LogP contribution in [0, 0.1) is 5.41 Å². The molecule has 3 aliphatic rings. The molecule has 3 heterocycles. The molecule has 4 rings (SSSR count). The van der Waals surface area contributed by atoms with Crippen molar-refractivity contribution in [3.8, 4) is 0 Å². The minimum atomic E-state index is 0.135. The molecule has 5 nitrogen and oxygen atoms in total. The Morgan fingerprint density at radius 3 is 2.68 bits per heavy atom. The number of rotatable bonds is 3. The molecule has 5 heteroatoms. The van der Waals surface area contributed by atoms with E-state index in [0.717, 1.165) is 63.1 Å². The first-order valence-corrected chi connectivity index (χ1v) is 9.52. The van der Waals surface area contributed by atoms with Gasteiger partial charge in [0.2, 0.25) is 5.91 Å². The van der Waals surface area contributed by atoms with E-state index in [0.29, 0.717) is 18.4 Å². The maximum absolute atomic E-state index is 12.9. The molecule has 1 spiro atoms. The van der Waals surface area contributed by atoms with E-state index in [1.807, 2.05) is 34.1 Å². The zero-order valence-corrected chi connectivity index (χ0v) is 14.8. The SMILES string of the molecule is O=C1CCCN1Cc1cccc(C(=O)N2CCC3(CCNC3)CC2)c1. The quantitative estimate of drug-likeness (QED) is 0.915. The van der Waals surface area contributed by atoms with Gasteiger partial charge in [-0.15, -0.1) is 0 Å². The summed E-state index contributed by atoms with van der Waals surface area (Å²) in [5.74, 6) is 0.360. The van der Waals surface area contributed by atoms with Crippen LogP contribution < -0.4 is 5.32 Å². The fourth-order valence-corrected chi connectivity index (χ4v) is 4.48. The molecule has 0 saturated carbocycles. The smallest absolute Gasteiger partial charge is 0.253 e. The van der Waals surface area contributed by atoms with E-state index in [-0.39, 0.29) is 11.8 Å². The lowest BCUT2D eigenvalue weighted by Gasteiger charge is -2.39. The van der Waals surface area contributed by atoms with Gasteiger partial charge in [-0.3, -0.25) is 9.59 Å². The highest BCUT2D eigenvalue weighted by Crippen LogP contribution is 2.37. The predicted molar refractivity (Wildman–Crippen MR) is 96.2 cm³/mol. The Hall–Kier alpha value is -1.88. The topological polar surface area (TPSA) is 52.7 Å². The van der Waals surface area contributed by atoms with E-state index < -0.39 is 0 Å². The standard InChI is InChI=1S/C20H27N3O2/c24-18-5-2-10-23(18)14-16-3-1-4-17(13-16)19(25)22-11-7-20(8-12-22)6-9-21-15-20/h1,3-4,13,21H,2,5-12,14-15H2. The van der Waals surface area contributed by atoms with Gasteiger partial charge in [-0.1, -0.05) is 12.1 Å². The zero-order chi connectivity index (χ0) is 17.3. The summed E-state index contributed by atoms with van der Waals surface area (Å²) < 4.78 is 0.